The van der Waals surface area contributed by atoms with Crippen molar-refractivity contribution >= 4 is 17.7 Å². The molecule has 236 valence electrons. The van der Waals surface area contributed by atoms with Crippen molar-refractivity contribution in [1.29, 1.82) is 0 Å². The molecule has 9 atom stereocenters. The second-order valence-electron chi connectivity index (χ2n) is 13.3. The van der Waals surface area contributed by atoms with E-state index in [-0.39, 0.29) is 19.3 Å². The van der Waals surface area contributed by atoms with Gasteiger partial charge in [0.1, 0.15) is 18.3 Å². The monoisotopic (exact) mass is 599 g/mol. The van der Waals surface area contributed by atoms with Gasteiger partial charge in [-0.25, -0.2) is 4.79 Å². The van der Waals surface area contributed by atoms with E-state index in [1.54, 1.807) is 63.2 Å². The number of rotatable bonds is 6. The molecule has 0 aromatic heterocycles. The van der Waals surface area contributed by atoms with Gasteiger partial charge >= 0.3 is 11.9 Å². The molecule has 1 fully saturated rings. The number of hydrogen-bond donors (Lipinski definition) is 4. The van der Waals surface area contributed by atoms with Crippen LogP contribution in [0, 0.1) is 16.7 Å². The minimum absolute atomic E-state index is 0.0716. The van der Waals surface area contributed by atoms with Crippen LogP contribution in [-0.4, -0.2) is 93.8 Å². The van der Waals surface area contributed by atoms with Crippen molar-refractivity contribution in [2.75, 3.05) is 14.1 Å². The highest BCUT2D eigenvalue weighted by atomic mass is 16.6. The fourth-order valence-electron chi connectivity index (χ4n) is 7.40. The summed E-state index contributed by atoms with van der Waals surface area (Å²) in [5.41, 5.74) is -0.308. The SMILES string of the molecule is CC(=O)O[C@H]1C[C@H]2[C@@H](O)C=C3C[C@@](C)(C(=O)[C@H](O)C(=C1C)C2(C)C)[C@@H](O)C[C@@H]3OC(=O)[C@H](O)[C@@H](c1ccccc1)N(C)C. The molecule has 0 amide bonds. The lowest BCUT2D eigenvalue weighted by Gasteiger charge is -2.50. The van der Waals surface area contributed by atoms with Crippen LogP contribution in [0.4, 0.5) is 0 Å². The van der Waals surface area contributed by atoms with Crippen molar-refractivity contribution in [3.05, 3.63) is 58.7 Å². The van der Waals surface area contributed by atoms with Gasteiger partial charge in [-0.2, -0.15) is 0 Å². The van der Waals surface area contributed by atoms with Crippen molar-refractivity contribution in [2.45, 2.75) is 96.5 Å². The van der Waals surface area contributed by atoms with E-state index in [2.05, 4.69) is 0 Å². The van der Waals surface area contributed by atoms with Crippen LogP contribution in [0.3, 0.4) is 0 Å². The van der Waals surface area contributed by atoms with Gasteiger partial charge in [-0.15, -0.1) is 0 Å². The number of aliphatic hydroxyl groups excluding tert-OH is 4. The third kappa shape index (κ3) is 6.08. The first-order valence-corrected chi connectivity index (χ1v) is 14.8. The zero-order valence-corrected chi connectivity index (χ0v) is 26.0. The number of carbonyl (C=O) groups is 3. The normalized spacial score (nSPS) is 33.8. The van der Waals surface area contributed by atoms with E-state index in [0.29, 0.717) is 22.3 Å². The number of nitrogens with zero attached hydrogens (tertiary/aromatic N) is 1. The number of carbonyl (C=O) groups excluding carboxylic acids is 3. The Kier molecular flexibility index (Phi) is 9.40. The maximum atomic E-state index is 14.0. The number of aliphatic hydroxyl groups is 4. The molecule has 4 N–H and O–H groups in total. The van der Waals surface area contributed by atoms with Crippen LogP contribution in [0.25, 0.3) is 0 Å². The quantitative estimate of drug-likeness (QED) is 0.283. The number of fused-ring (bicyclic) bond motifs is 4. The van der Waals surface area contributed by atoms with E-state index >= 15 is 0 Å². The number of ketones is 1. The van der Waals surface area contributed by atoms with Crippen LogP contribution in [0.1, 0.15) is 65.5 Å². The molecule has 0 unspecified atom stereocenters. The first-order valence-electron chi connectivity index (χ1n) is 14.8. The summed E-state index contributed by atoms with van der Waals surface area (Å²) in [5, 5.41) is 45.7. The summed E-state index contributed by atoms with van der Waals surface area (Å²) in [5.74, 6) is -2.61. The second kappa shape index (κ2) is 12.2. The van der Waals surface area contributed by atoms with Crippen LogP contribution >= 0.6 is 0 Å². The first-order chi connectivity index (χ1) is 20.0. The van der Waals surface area contributed by atoms with E-state index in [0.717, 1.165) is 0 Å². The van der Waals surface area contributed by atoms with Gasteiger partial charge in [0.25, 0.3) is 0 Å². The standard InChI is InChI=1S/C33H45NO9/c1-17-23(42-18(2)35)14-21-22(36)13-20-16-33(5,30(40)28(38)26(17)32(21,3)4)25(37)15-24(20)43-31(41)29(39)27(34(6)7)19-11-9-8-10-12-19/h8-13,21-25,27-29,36-39H,14-16H2,1-7H3/t21-,22-,23-,24-,25-,27+,28+,29+,33+/m0/s1. The van der Waals surface area contributed by atoms with Gasteiger partial charge in [0, 0.05) is 19.3 Å². The van der Waals surface area contributed by atoms with Gasteiger partial charge in [0.2, 0.25) is 0 Å². The minimum Gasteiger partial charge on any atom is -0.458 e. The predicted octanol–water partition coefficient (Wildman–Crippen LogP) is 2.25. The first kappa shape index (κ1) is 33.0. The van der Waals surface area contributed by atoms with E-state index in [1.165, 1.54) is 6.92 Å². The van der Waals surface area contributed by atoms with E-state index in [1.807, 2.05) is 19.9 Å². The number of likely N-dealkylation sites (N-methyl/N-ethyl adjacent to an activating group) is 1. The van der Waals surface area contributed by atoms with Gasteiger partial charge < -0.3 is 29.9 Å². The third-order valence-corrected chi connectivity index (χ3v) is 9.84. The van der Waals surface area contributed by atoms with E-state index in [9.17, 15) is 34.8 Å². The highest BCUT2D eigenvalue weighted by molar-refractivity contribution is 5.92. The van der Waals surface area contributed by atoms with Crippen molar-refractivity contribution in [2.24, 2.45) is 16.7 Å². The molecule has 4 bridgehead atoms. The molecule has 3 aliphatic carbocycles. The summed E-state index contributed by atoms with van der Waals surface area (Å²) in [7, 11) is 3.47. The third-order valence-electron chi connectivity index (χ3n) is 9.84. The highest BCUT2D eigenvalue weighted by Crippen LogP contribution is 2.52. The van der Waals surface area contributed by atoms with Crippen LogP contribution in [0.2, 0.25) is 0 Å². The molecule has 0 heterocycles. The van der Waals surface area contributed by atoms with Crippen molar-refractivity contribution in [3.8, 4) is 0 Å². The lowest BCUT2D eigenvalue weighted by atomic mass is 9.57. The molecule has 10 heteroatoms. The number of benzene rings is 1. The average Bonchev–Trinajstić information content (AvgIpc) is 2.91. The van der Waals surface area contributed by atoms with Crippen molar-refractivity contribution < 1.29 is 44.3 Å². The minimum atomic E-state index is -1.62. The average molecular weight is 600 g/mol. The molecule has 1 saturated carbocycles. The lowest BCUT2D eigenvalue weighted by molar-refractivity contribution is -0.166. The molecule has 3 aliphatic rings. The molecular weight excluding hydrogens is 554 g/mol. The highest BCUT2D eigenvalue weighted by Gasteiger charge is 2.55. The Balaban J connectivity index is 1.74. The fraction of sp³-hybridized carbons (Fsp3) is 0.606. The molecule has 0 spiro atoms. The summed E-state index contributed by atoms with van der Waals surface area (Å²) in [6.45, 7) is 8.20. The Hall–Kier alpha value is -2.89. The molecule has 10 nitrogen and oxygen atoms in total. The smallest absolute Gasteiger partial charge is 0.337 e. The van der Waals surface area contributed by atoms with Gasteiger partial charge in [0.05, 0.1) is 23.7 Å². The number of Topliss-reactive ketones (excluding diaryl/α,β-unsaturated/α-hetero) is 1. The second-order valence-corrected chi connectivity index (χ2v) is 13.3. The van der Waals surface area contributed by atoms with Gasteiger partial charge in [-0.3, -0.25) is 14.5 Å². The van der Waals surface area contributed by atoms with Crippen molar-refractivity contribution in [3.63, 3.8) is 0 Å². The molecule has 1 aromatic carbocycles. The maximum absolute atomic E-state index is 14.0. The summed E-state index contributed by atoms with van der Waals surface area (Å²) >= 11 is 0. The zero-order chi connectivity index (χ0) is 32.0. The molecule has 1 aromatic rings. The largest absolute Gasteiger partial charge is 0.458 e. The summed E-state index contributed by atoms with van der Waals surface area (Å²) in [6.07, 6.45) is -5.82. The topological polar surface area (TPSA) is 154 Å². The van der Waals surface area contributed by atoms with E-state index < -0.39 is 77.1 Å². The number of ether oxygens (including phenoxy) is 2. The number of esters is 2. The van der Waals surface area contributed by atoms with Crippen LogP contribution in [0.15, 0.2) is 53.1 Å². The Morgan fingerprint density at radius 3 is 2.21 bits per heavy atom. The summed E-state index contributed by atoms with van der Waals surface area (Å²) in [6, 6.07) is 8.34. The summed E-state index contributed by atoms with van der Waals surface area (Å²) < 4.78 is 11.4. The number of hydrogen-bond acceptors (Lipinski definition) is 10. The summed E-state index contributed by atoms with van der Waals surface area (Å²) in [4.78, 5) is 41.0. The maximum Gasteiger partial charge on any atom is 0.337 e. The van der Waals surface area contributed by atoms with Crippen LogP contribution < -0.4 is 0 Å². The van der Waals surface area contributed by atoms with Crippen molar-refractivity contribution in [1.82, 2.24) is 4.90 Å². The molecular formula is C33H45NO9. The Morgan fingerprint density at radius 2 is 1.63 bits per heavy atom. The van der Waals surface area contributed by atoms with Gasteiger partial charge in [0.15, 0.2) is 11.9 Å². The zero-order valence-electron chi connectivity index (χ0n) is 26.0. The Bertz CT molecular complexity index is 1300. The van der Waals surface area contributed by atoms with Gasteiger partial charge in [-0.1, -0.05) is 50.3 Å². The lowest BCUT2D eigenvalue weighted by Crippen LogP contribution is -2.56. The van der Waals surface area contributed by atoms with E-state index in [4.69, 9.17) is 9.47 Å². The van der Waals surface area contributed by atoms with Crippen LogP contribution in [0.5, 0.6) is 0 Å². The Morgan fingerprint density at radius 1 is 1.00 bits per heavy atom. The molecule has 4 rings (SSSR count). The van der Waals surface area contributed by atoms with Gasteiger partial charge in [-0.05, 0) is 68.5 Å². The molecule has 0 saturated heterocycles. The molecule has 0 aliphatic heterocycles. The van der Waals surface area contributed by atoms with Crippen LogP contribution in [-0.2, 0) is 23.9 Å². The molecule has 43 heavy (non-hydrogen) atoms. The fourth-order valence-corrected chi connectivity index (χ4v) is 7.40. The predicted molar refractivity (Wildman–Crippen MR) is 157 cm³/mol. The molecule has 0 radical (unpaired) electrons. The Labute approximate surface area is 253 Å².